The van der Waals surface area contributed by atoms with Crippen LogP contribution in [0.3, 0.4) is 0 Å². The smallest absolute Gasteiger partial charge is 0.397 e. The van der Waals surface area contributed by atoms with Crippen LogP contribution in [0.4, 0.5) is 23.3 Å². The molecule has 0 fully saturated rings. The molecule has 0 atom stereocenters. The second kappa shape index (κ2) is 9.70. The summed E-state index contributed by atoms with van der Waals surface area (Å²) >= 11 is 5.95. The highest BCUT2D eigenvalue weighted by atomic mass is 35.5. The molecule has 0 saturated heterocycles. The van der Waals surface area contributed by atoms with Crippen molar-refractivity contribution < 1.29 is 25.6 Å². The number of sulfone groups is 1. The molecule has 0 aliphatic heterocycles. The molecule has 15 heteroatoms. The van der Waals surface area contributed by atoms with Crippen LogP contribution in [0.5, 0.6) is 0 Å². The van der Waals surface area contributed by atoms with Crippen LogP contribution in [0.15, 0.2) is 18.2 Å². The fourth-order valence-corrected chi connectivity index (χ4v) is 3.81. The SMILES string of the molecule is Cc1ccc(Nc2nc(Cl)nc(N(C)CCS(=O)(=O)CCOS(=O)(=O)O)n2)cc1N. The van der Waals surface area contributed by atoms with Gasteiger partial charge in [-0.2, -0.15) is 23.4 Å². The van der Waals surface area contributed by atoms with Crippen molar-refractivity contribution in [1.29, 1.82) is 0 Å². The van der Waals surface area contributed by atoms with Gasteiger partial charge in [-0.25, -0.2) is 12.6 Å². The number of nitrogens with zero attached hydrogens (tertiary/aromatic N) is 4. The van der Waals surface area contributed by atoms with Crippen LogP contribution in [0, 0.1) is 6.92 Å². The van der Waals surface area contributed by atoms with Crippen molar-refractivity contribution in [3.63, 3.8) is 0 Å². The van der Waals surface area contributed by atoms with Crippen LogP contribution < -0.4 is 16.0 Å². The van der Waals surface area contributed by atoms with E-state index in [1.807, 2.05) is 13.0 Å². The van der Waals surface area contributed by atoms with E-state index in [-0.39, 0.29) is 29.5 Å². The highest BCUT2D eigenvalue weighted by Gasteiger charge is 2.17. The molecule has 0 unspecified atom stereocenters. The molecule has 1 aromatic heterocycles. The number of aromatic nitrogens is 3. The summed E-state index contributed by atoms with van der Waals surface area (Å²) in [4.78, 5) is 13.6. The van der Waals surface area contributed by atoms with Crippen molar-refractivity contribution in [1.82, 2.24) is 15.0 Å². The average Bonchev–Trinajstić information content (AvgIpc) is 2.61. The lowest BCUT2D eigenvalue weighted by Gasteiger charge is -2.17. The van der Waals surface area contributed by atoms with E-state index in [2.05, 4.69) is 24.5 Å². The fourth-order valence-electron chi connectivity index (χ4n) is 2.16. The van der Waals surface area contributed by atoms with Gasteiger partial charge in [-0.15, -0.1) is 0 Å². The minimum absolute atomic E-state index is 0.00846. The second-order valence-electron chi connectivity index (χ2n) is 6.25. The zero-order valence-corrected chi connectivity index (χ0v) is 18.5. The number of rotatable bonds is 10. The first-order chi connectivity index (χ1) is 13.8. The maximum atomic E-state index is 12.0. The van der Waals surface area contributed by atoms with Gasteiger partial charge in [0, 0.05) is 25.0 Å². The summed E-state index contributed by atoms with van der Waals surface area (Å²) < 4.78 is 57.5. The predicted molar refractivity (Wildman–Crippen MR) is 113 cm³/mol. The molecule has 12 nitrogen and oxygen atoms in total. The third-order valence-corrected chi connectivity index (χ3v) is 6.06. The summed E-state index contributed by atoms with van der Waals surface area (Å²) in [6.45, 7) is 1.18. The molecule has 166 valence electrons. The van der Waals surface area contributed by atoms with Gasteiger partial charge in [0.05, 0.1) is 18.1 Å². The molecule has 4 N–H and O–H groups in total. The molecule has 0 aliphatic carbocycles. The monoisotopic (exact) mass is 480 g/mol. The first-order valence-corrected chi connectivity index (χ1v) is 12.0. The van der Waals surface area contributed by atoms with E-state index < -0.39 is 32.6 Å². The minimum Gasteiger partial charge on any atom is -0.398 e. The Labute approximate surface area is 179 Å². The lowest BCUT2D eigenvalue weighted by atomic mass is 10.2. The second-order valence-corrected chi connectivity index (χ2v) is 9.98. The summed E-state index contributed by atoms with van der Waals surface area (Å²) in [6, 6.07) is 5.32. The normalized spacial score (nSPS) is 12.0. The van der Waals surface area contributed by atoms with Crippen LogP contribution in [0.25, 0.3) is 0 Å². The molecule has 1 heterocycles. The van der Waals surface area contributed by atoms with Gasteiger partial charge in [0.25, 0.3) is 0 Å². The van der Waals surface area contributed by atoms with Crippen LogP contribution in [-0.2, 0) is 24.4 Å². The highest BCUT2D eigenvalue weighted by molar-refractivity contribution is 7.91. The van der Waals surface area contributed by atoms with E-state index in [1.165, 1.54) is 4.90 Å². The van der Waals surface area contributed by atoms with E-state index in [9.17, 15) is 16.8 Å². The summed E-state index contributed by atoms with van der Waals surface area (Å²) in [6.07, 6.45) is 0. The zero-order chi connectivity index (χ0) is 22.5. The molecule has 2 rings (SSSR count). The molecule has 30 heavy (non-hydrogen) atoms. The summed E-state index contributed by atoms with van der Waals surface area (Å²) in [5, 5.41) is 2.86. The third-order valence-electron chi connectivity index (χ3n) is 3.84. The number of nitrogens with two attached hydrogens (primary N) is 1. The van der Waals surface area contributed by atoms with Gasteiger partial charge in [0.15, 0.2) is 9.84 Å². The minimum atomic E-state index is -4.69. The molecular weight excluding hydrogens is 460 g/mol. The van der Waals surface area contributed by atoms with Crippen LogP contribution >= 0.6 is 11.6 Å². The Bertz CT molecular complexity index is 1110. The van der Waals surface area contributed by atoms with Gasteiger partial charge in [0.1, 0.15) is 0 Å². The van der Waals surface area contributed by atoms with Crippen molar-refractivity contribution in [2.24, 2.45) is 0 Å². The van der Waals surface area contributed by atoms with Crippen molar-refractivity contribution in [3.8, 4) is 0 Å². The van der Waals surface area contributed by atoms with Crippen molar-refractivity contribution in [2.45, 2.75) is 6.92 Å². The standard InChI is InChI=1S/C15H21ClN6O6S2/c1-10-3-4-11(9-12(10)17)18-14-19-13(16)20-15(21-14)22(2)5-7-29(23,24)8-6-28-30(25,26)27/h3-4,9H,5-8,17H2,1-2H3,(H,25,26,27)(H,18,19,20,21). The van der Waals surface area contributed by atoms with E-state index in [4.69, 9.17) is 21.9 Å². The van der Waals surface area contributed by atoms with Crippen molar-refractivity contribution in [2.75, 3.05) is 47.7 Å². The number of nitrogens with one attached hydrogen (secondary N) is 1. The number of nitrogen functional groups attached to an aromatic ring is 1. The van der Waals surface area contributed by atoms with Gasteiger partial charge < -0.3 is 16.0 Å². The lowest BCUT2D eigenvalue weighted by molar-refractivity contribution is 0.284. The van der Waals surface area contributed by atoms with Gasteiger partial charge in [0.2, 0.25) is 17.2 Å². The lowest BCUT2D eigenvalue weighted by Crippen LogP contribution is -2.29. The van der Waals surface area contributed by atoms with Crippen LogP contribution in [0.2, 0.25) is 5.28 Å². The van der Waals surface area contributed by atoms with E-state index in [0.29, 0.717) is 11.4 Å². The Morgan fingerprint density at radius 2 is 1.90 bits per heavy atom. The zero-order valence-electron chi connectivity index (χ0n) is 16.1. The molecule has 0 radical (unpaired) electrons. The molecule has 2 aromatic rings. The van der Waals surface area contributed by atoms with Crippen molar-refractivity contribution >= 4 is 55.1 Å². The quantitative estimate of drug-likeness (QED) is 0.322. The van der Waals surface area contributed by atoms with Crippen molar-refractivity contribution in [3.05, 3.63) is 29.0 Å². The average molecular weight is 481 g/mol. The van der Waals surface area contributed by atoms with Crippen LogP contribution in [0.1, 0.15) is 5.56 Å². The van der Waals surface area contributed by atoms with Gasteiger partial charge in [-0.05, 0) is 36.2 Å². The number of benzene rings is 1. The largest absolute Gasteiger partial charge is 0.398 e. The first kappa shape index (κ1) is 24.0. The van der Waals surface area contributed by atoms with Crippen LogP contribution in [-0.4, -0.2) is 68.0 Å². The third kappa shape index (κ3) is 7.87. The summed E-state index contributed by atoms with van der Waals surface area (Å²) in [5.74, 6) is -0.648. The molecule has 0 saturated carbocycles. The molecule has 0 amide bonds. The molecular formula is C15H21ClN6O6S2. The summed E-state index contributed by atoms with van der Waals surface area (Å²) in [5.41, 5.74) is 8.01. The molecule has 0 spiro atoms. The molecule has 1 aromatic carbocycles. The Balaban J connectivity index is 2.03. The maximum absolute atomic E-state index is 12.0. The van der Waals surface area contributed by atoms with Gasteiger partial charge in [-0.3, -0.25) is 4.55 Å². The topological polar surface area (TPSA) is 178 Å². The van der Waals surface area contributed by atoms with Gasteiger partial charge >= 0.3 is 10.4 Å². The predicted octanol–water partition coefficient (Wildman–Crippen LogP) is 0.830. The molecule has 0 bridgehead atoms. The maximum Gasteiger partial charge on any atom is 0.397 e. The number of anilines is 4. The van der Waals surface area contributed by atoms with E-state index in [0.717, 1.165) is 5.56 Å². The highest BCUT2D eigenvalue weighted by Crippen LogP contribution is 2.21. The first-order valence-electron chi connectivity index (χ1n) is 8.43. The Morgan fingerprint density at radius 1 is 1.20 bits per heavy atom. The Morgan fingerprint density at radius 3 is 2.53 bits per heavy atom. The Hall–Kier alpha value is -2.26. The van der Waals surface area contributed by atoms with E-state index in [1.54, 1.807) is 19.2 Å². The Kier molecular flexibility index (Phi) is 7.76. The molecule has 0 aliphatic rings. The number of halogens is 1. The summed E-state index contributed by atoms with van der Waals surface area (Å²) in [7, 11) is -6.79. The number of hydrogen-bond acceptors (Lipinski definition) is 11. The number of aryl methyl sites for hydroxylation is 1. The van der Waals surface area contributed by atoms with E-state index >= 15 is 0 Å². The van der Waals surface area contributed by atoms with Gasteiger partial charge in [-0.1, -0.05) is 6.07 Å². The fraction of sp³-hybridized carbons (Fsp3) is 0.400. The number of hydrogen-bond donors (Lipinski definition) is 3.